The van der Waals surface area contributed by atoms with Crippen LogP contribution in [0, 0.1) is 0 Å². The van der Waals surface area contributed by atoms with E-state index in [1.165, 1.54) is 5.56 Å². The molecule has 0 aliphatic carbocycles. The normalized spacial score (nSPS) is 13.9. The molecule has 0 saturated heterocycles. The molecule has 1 aliphatic rings. The minimum Gasteiger partial charge on any atom is -0.479 e. The van der Waals surface area contributed by atoms with Gasteiger partial charge in [0, 0.05) is 12.2 Å². The first-order chi connectivity index (χ1) is 13.1. The standard InChI is InChI=1S/C23H20ClNO2/c1-16(23(26)25-14-13-18-9-5-6-10-21(18)25)27-22-12-11-19(15-20(22)24)17-7-3-2-4-8-17/h2-12,15-16H,13-14H2,1H3/t16-/m1/s1. The molecule has 4 rings (SSSR count). The third-order valence-corrected chi connectivity index (χ3v) is 5.14. The Morgan fingerprint density at radius 1 is 1.00 bits per heavy atom. The number of hydrogen-bond donors (Lipinski definition) is 0. The number of para-hydroxylation sites is 1. The fourth-order valence-corrected chi connectivity index (χ4v) is 3.66. The summed E-state index contributed by atoms with van der Waals surface area (Å²) >= 11 is 6.42. The minimum absolute atomic E-state index is 0.0526. The highest BCUT2D eigenvalue weighted by Crippen LogP contribution is 2.32. The molecule has 27 heavy (non-hydrogen) atoms. The summed E-state index contributed by atoms with van der Waals surface area (Å²) in [5.41, 5.74) is 4.27. The number of fused-ring (bicyclic) bond motifs is 1. The van der Waals surface area contributed by atoms with Crippen molar-refractivity contribution in [3.05, 3.63) is 83.4 Å². The van der Waals surface area contributed by atoms with Gasteiger partial charge < -0.3 is 9.64 Å². The Labute approximate surface area is 164 Å². The van der Waals surface area contributed by atoms with Crippen LogP contribution in [-0.2, 0) is 11.2 Å². The fraction of sp³-hybridized carbons (Fsp3) is 0.174. The van der Waals surface area contributed by atoms with Crippen molar-refractivity contribution in [2.75, 3.05) is 11.4 Å². The molecule has 0 radical (unpaired) electrons. The SMILES string of the molecule is C[C@@H](Oc1ccc(-c2ccccc2)cc1Cl)C(=O)N1CCc2ccccc21. The number of anilines is 1. The van der Waals surface area contributed by atoms with Crippen molar-refractivity contribution in [2.24, 2.45) is 0 Å². The van der Waals surface area contributed by atoms with Crippen molar-refractivity contribution in [1.29, 1.82) is 0 Å². The van der Waals surface area contributed by atoms with E-state index in [0.29, 0.717) is 17.3 Å². The van der Waals surface area contributed by atoms with Crippen LogP contribution in [0.2, 0.25) is 5.02 Å². The second kappa shape index (κ2) is 7.45. The third kappa shape index (κ3) is 3.56. The van der Waals surface area contributed by atoms with Crippen LogP contribution in [0.1, 0.15) is 12.5 Å². The number of amides is 1. The quantitative estimate of drug-likeness (QED) is 0.612. The average Bonchev–Trinajstić information content (AvgIpc) is 3.13. The second-order valence-electron chi connectivity index (χ2n) is 6.64. The summed E-state index contributed by atoms with van der Waals surface area (Å²) in [4.78, 5) is 14.7. The van der Waals surface area contributed by atoms with Gasteiger partial charge in [-0.15, -0.1) is 0 Å². The molecule has 136 valence electrons. The van der Waals surface area contributed by atoms with E-state index in [0.717, 1.165) is 23.2 Å². The molecule has 1 amide bonds. The number of nitrogens with zero attached hydrogens (tertiary/aromatic N) is 1. The number of benzene rings is 3. The van der Waals surface area contributed by atoms with Crippen LogP contribution in [0.5, 0.6) is 5.75 Å². The van der Waals surface area contributed by atoms with Crippen LogP contribution in [0.25, 0.3) is 11.1 Å². The first kappa shape index (κ1) is 17.6. The predicted octanol–water partition coefficient (Wildman–Crippen LogP) is 5.36. The smallest absolute Gasteiger partial charge is 0.267 e. The molecule has 1 aliphatic heterocycles. The summed E-state index contributed by atoms with van der Waals surface area (Å²) in [6, 6.07) is 23.7. The van der Waals surface area contributed by atoms with Crippen molar-refractivity contribution in [3.8, 4) is 16.9 Å². The first-order valence-electron chi connectivity index (χ1n) is 9.04. The molecule has 0 spiro atoms. The maximum absolute atomic E-state index is 12.9. The van der Waals surface area contributed by atoms with Crippen LogP contribution >= 0.6 is 11.6 Å². The Hall–Kier alpha value is -2.78. The predicted molar refractivity (Wildman–Crippen MR) is 109 cm³/mol. The Balaban J connectivity index is 1.50. The highest BCUT2D eigenvalue weighted by molar-refractivity contribution is 6.32. The molecular formula is C23H20ClNO2. The molecule has 1 heterocycles. The van der Waals surface area contributed by atoms with Gasteiger partial charge in [0.25, 0.3) is 5.91 Å². The molecule has 0 aromatic heterocycles. The molecule has 4 heteroatoms. The fourth-order valence-electron chi connectivity index (χ4n) is 3.43. The van der Waals surface area contributed by atoms with Crippen molar-refractivity contribution in [3.63, 3.8) is 0 Å². The van der Waals surface area contributed by atoms with Gasteiger partial charge in [-0.1, -0.05) is 66.2 Å². The van der Waals surface area contributed by atoms with Gasteiger partial charge in [0.05, 0.1) is 5.02 Å². The first-order valence-corrected chi connectivity index (χ1v) is 9.42. The van der Waals surface area contributed by atoms with Crippen LogP contribution in [0.4, 0.5) is 5.69 Å². The van der Waals surface area contributed by atoms with E-state index < -0.39 is 6.10 Å². The van der Waals surface area contributed by atoms with Crippen molar-refractivity contribution >= 4 is 23.2 Å². The number of carbonyl (C=O) groups excluding carboxylic acids is 1. The molecule has 3 nitrogen and oxygen atoms in total. The van der Waals surface area contributed by atoms with Crippen molar-refractivity contribution in [1.82, 2.24) is 0 Å². The number of rotatable bonds is 4. The van der Waals surface area contributed by atoms with Crippen LogP contribution in [0.3, 0.4) is 0 Å². The Kier molecular flexibility index (Phi) is 4.87. The van der Waals surface area contributed by atoms with Crippen LogP contribution in [0.15, 0.2) is 72.8 Å². The lowest BCUT2D eigenvalue weighted by Gasteiger charge is -2.23. The van der Waals surface area contributed by atoms with Crippen LogP contribution < -0.4 is 9.64 Å². The van der Waals surface area contributed by atoms with E-state index in [4.69, 9.17) is 16.3 Å². The average molecular weight is 378 g/mol. The molecule has 1 atom stereocenters. The largest absolute Gasteiger partial charge is 0.479 e. The van der Waals surface area contributed by atoms with Crippen LogP contribution in [-0.4, -0.2) is 18.6 Å². The lowest BCUT2D eigenvalue weighted by atomic mass is 10.1. The van der Waals surface area contributed by atoms with Gasteiger partial charge in [-0.05, 0) is 48.2 Å². The van der Waals surface area contributed by atoms with Crippen molar-refractivity contribution < 1.29 is 9.53 Å². The highest BCUT2D eigenvalue weighted by Gasteiger charge is 2.29. The van der Waals surface area contributed by atoms with Gasteiger partial charge in [-0.3, -0.25) is 4.79 Å². The summed E-state index contributed by atoms with van der Waals surface area (Å²) < 4.78 is 5.90. The molecule has 0 unspecified atom stereocenters. The summed E-state index contributed by atoms with van der Waals surface area (Å²) in [7, 11) is 0. The molecule has 3 aromatic rings. The Morgan fingerprint density at radius 3 is 2.52 bits per heavy atom. The lowest BCUT2D eigenvalue weighted by Crippen LogP contribution is -2.39. The second-order valence-corrected chi connectivity index (χ2v) is 7.05. The molecule has 0 bridgehead atoms. The van der Waals surface area contributed by atoms with Gasteiger partial charge in [-0.2, -0.15) is 0 Å². The van der Waals surface area contributed by atoms with Gasteiger partial charge in [0.15, 0.2) is 6.10 Å². The molecule has 0 fully saturated rings. The summed E-state index contributed by atoms with van der Waals surface area (Å²) in [5.74, 6) is 0.466. The zero-order chi connectivity index (χ0) is 18.8. The summed E-state index contributed by atoms with van der Waals surface area (Å²) in [5, 5.41) is 0.498. The van der Waals surface area contributed by atoms with E-state index in [2.05, 4.69) is 6.07 Å². The van der Waals surface area contributed by atoms with E-state index in [-0.39, 0.29) is 5.91 Å². The summed E-state index contributed by atoms with van der Waals surface area (Å²) in [6.07, 6.45) is 0.262. The van der Waals surface area contributed by atoms with Gasteiger partial charge in [0.1, 0.15) is 5.75 Å². The highest BCUT2D eigenvalue weighted by atomic mass is 35.5. The van der Waals surface area contributed by atoms with Crippen molar-refractivity contribution in [2.45, 2.75) is 19.4 Å². The van der Waals surface area contributed by atoms with E-state index in [1.54, 1.807) is 11.8 Å². The topological polar surface area (TPSA) is 29.5 Å². The van der Waals surface area contributed by atoms with Gasteiger partial charge >= 0.3 is 0 Å². The number of hydrogen-bond acceptors (Lipinski definition) is 2. The maximum Gasteiger partial charge on any atom is 0.267 e. The number of halogens is 1. The zero-order valence-corrected chi connectivity index (χ0v) is 15.8. The molecule has 0 saturated carbocycles. The monoisotopic (exact) mass is 377 g/mol. The van der Waals surface area contributed by atoms with Gasteiger partial charge in [0.2, 0.25) is 0 Å². The minimum atomic E-state index is -0.615. The lowest BCUT2D eigenvalue weighted by molar-refractivity contribution is -0.124. The van der Waals surface area contributed by atoms with E-state index >= 15 is 0 Å². The molecule has 0 N–H and O–H groups in total. The summed E-state index contributed by atoms with van der Waals surface area (Å²) in [6.45, 7) is 2.46. The van der Waals surface area contributed by atoms with E-state index in [9.17, 15) is 4.79 Å². The Morgan fingerprint density at radius 2 is 1.74 bits per heavy atom. The third-order valence-electron chi connectivity index (χ3n) is 4.84. The zero-order valence-electron chi connectivity index (χ0n) is 15.1. The van der Waals surface area contributed by atoms with Gasteiger partial charge in [-0.25, -0.2) is 0 Å². The Bertz CT molecular complexity index is 971. The van der Waals surface area contributed by atoms with E-state index in [1.807, 2.05) is 66.7 Å². The number of ether oxygens (including phenoxy) is 1. The maximum atomic E-state index is 12.9. The molecular weight excluding hydrogens is 358 g/mol. The number of carbonyl (C=O) groups is 1. The molecule has 3 aromatic carbocycles.